The number of oxazole rings is 1. The molecule has 1 aromatic rings. The Morgan fingerprint density at radius 3 is 3.14 bits per heavy atom. The summed E-state index contributed by atoms with van der Waals surface area (Å²) in [5, 5.41) is 9.31. The van der Waals surface area contributed by atoms with Crippen LogP contribution in [0, 0.1) is 0 Å². The molecule has 4 heteroatoms. The Balaban J connectivity index is 2.07. The molecule has 2 rings (SSSR count). The lowest BCUT2D eigenvalue weighted by atomic mass is 10.1. The van der Waals surface area contributed by atoms with E-state index in [1.165, 1.54) is 12.2 Å². The Labute approximate surface area is 87.9 Å². The maximum Gasteiger partial charge on any atom is 0.198 e. The Morgan fingerprint density at radius 1 is 1.71 bits per heavy atom. The fourth-order valence-electron chi connectivity index (χ4n) is 1.62. The maximum atomic E-state index is 9.31. The number of thioether (sulfide) groups is 1. The fourth-order valence-corrected chi connectivity index (χ4v) is 2.75. The number of hydrogen-bond acceptors (Lipinski definition) is 4. The second-order valence-corrected chi connectivity index (χ2v) is 4.85. The molecule has 0 aliphatic carbocycles. The van der Waals surface area contributed by atoms with E-state index in [4.69, 9.17) is 4.42 Å². The number of aliphatic hydroxyl groups is 1. The van der Waals surface area contributed by atoms with Crippen LogP contribution in [0.2, 0.25) is 0 Å². The Bertz CT molecular complexity index is 292. The molecule has 1 aromatic heterocycles. The average Bonchev–Trinajstić information content (AvgIpc) is 2.68. The first-order valence-corrected chi connectivity index (χ1v) is 6.14. The molecule has 0 aromatic carbocycles. The van der Waals surface area contributed by atoms with Crippen LogP contribution in [-0.2, 0) is 0 Å². The van der Waals surface area contributed by atoms with E-state index in [2.05, 4.69) is 4.98 Å². The average molecular weight is 213 g/mol. The van der Waals surface area contributed by atoms with Crippen molar-refractivity contribution in [2.45, 2.75) is 31.8 Å². The molecule has 1 fully saturated rings. The number of hydrogen-bond donors (Lipinski definition) is 1. The molecule has 1 N–H and O–H groups in total. The predicted molar refractivity (Wildman–Crippen MR) is 56.4 cm³/mol. The van der Waals surface area contributed by atoms with Crippen molar-refractivity contribution in [3.8, 4) is 0 Å². The molecule has 2 unspecified atom stereocenters. The van der Waals surface area contributed by atoms with Gasteiger partial charge in [-0.05, 0) is 25.5 Å². The van der Waals surface area contributed by atoms with Crippen LogP contribution in [0.5, 0.6) is 0 Å². The minimum absolute atomic E-state index is 0.446. The van der Waals surface area contributed by atoms with Gasteiger partial charge in [0.05, 0.1) is 6.10 Å². The monoisotopic (exact) mass is 213 g/mol. The smallest absolute Gasteiger partial charge is 0.198 e. The summed E-state index contributed by atoms with van der Waals surface area (Å²) >= 11 is 1.95. The molecule has 78 valence electrons. The Kier molecular flexibility index (Phi) is 3.13. The van der Waals surface area contributed by atoms with Gasteiger partial charge in [-0.2, -0.15) is 11.8 Å². The molecular formula is C10H15NO2S. The number of aromatic nitrogens is 1. The molecule has 2 heterocycles. The second-order valence-electron chi connectivity index (χ2n) is 3.70. The van der Waals surface area contributed by atoms with Crippen LogP contribution in [0.4, 0.5) is 0 Å². The first kappa shape index (κ1) is 10.1. The summed E-state index contributed by atoms with van der Waals surface area (Å²) < 4.78 is 5.38. The Hall–Kier alpha value is -0.480. The van der Waals surface area contributed by atoms with Crippen molar-refractivity contribution in [1.82, 2.24) is 4.98 Å². The minimum atomic E-state index is -0.524. The number of nitrogens with zero attached hydrogens (tertiary/aromatic N) is 1. The van der Waals surface area contributed by atoms with Crippen LogP contribution in [0.25, 0.3) is 0 Å². The van der Waals surface area contributed by atoms with Gasteiger partial charge in [0.1, 0.15) is 12.0 Å². The zero-order valence-electron chi connectivity index (χ0n) is 8.27. The van der Waals surface area contributed by atoms with Crippen LogP contribution < -0.4 is 0 Å². The molecule has 1 aliphatic rings. The van der Waals surface area contributed by atoms with E-state index in [0.717, 1.165) is 18.1 Å². The molecule has 1 aliphatic heterocycles. The van der Waals surface area contributed by atoms with Crippen LogP contribution in [0.15, 0.2) is 10.7 Å². The largest absolute Gasteiger partial charge is 0.448 e. The van der Waals surface area contributed by atoms with E-state index >= 15 is 0 Å². The van der Waals surface area contributed by atoms with Gasteiger partial charge in [-0.3, -0.25) is 0 Å². The van der Waals surface area contributed by atoms with Gasteiger partial charge >= 0.3 is 0 Å². The van der Waals surface area contributed by atoms with Gasteiger partial charge in [0.2, 0.25) is 0 Å². The fraction of sp³-hybridized carbons (Fsp3) is 0.700. The first-order chi connectivity index (χ1) is 6.77. The van der Waals surface area contributed by atoms with Gasteiger partial charge in [-0.1, -0.05) is 0 Å². The molecule has 0 radical (unpaired) electrons. The minimum Gasteiger partial charge on any atom is -0.448 e. The van der Waals surface area contributed by atoms with Crippen molar-refractivity contribution in [3.63, 3.8) is 0 Å². The summed E-state index contributed by atoms with van der Waals surface area (Å²) in [7, 11) is 0. The molecule has 0 spiro atoms. The van der Waals surface area contributed by atoms with Crippen molar-refractivity contribution in [2.24, 2.45) is 0 Å². The van der Waals surface area contributed by atoms with E-state index < -0.39 is 6.10 Å². The van der Waals surface area contributed by atoms with Crippen molar-refractivity contribution < 1.29 is 9.52 Å². The van der Waals surface area contributed by atoms with Crippen LogP contribution in [-0.4, -0.2) is 21.6 Å². The van der Waals surface area contributed by atoms with E-state index in [9.17, 15) is 5.11 Å². The quantitative estimate of drug-likeness (QED) is 0.819. The third kappa shape index (κ3) is 2.12. The predicted octanol–water partition coefficient (Wildman–Crippen LogP) is 2.34. The van der Waals surface area contributed by atoms with Crippen LogP contribution in [0.1, 0.15) is 43.4 Å². The lowest BCUT2D eigenvalue weighted by Crippen LogP contribution is -2.09. The molecule has 2 atom stereocenters. The SMILES string of the molecule is CC(O)c1coc(C2CCCSC2)n1. The summed E-state index contributed by atoms with van der Waals surface area (Å²) in [6.45, 7) is 1.71. The van der Waals surface area contributed by atoms with Gasteiger partial charge in [0.15, 0.2) is 5.89 Å². The standard InChI is InChI=1S/C10H15NO2S/c1-7(12)9-5-13-10(11-9)8-3-2-4-14-6-8/h5,7-8,12H,2-4,6H2,1H3. The molecule has 3 nitrogen and oxygen atoms in total. The van der Waals surface area contributed by atoms with Gasteiger partial charge in [0.25, 0.3) is 0 Å². The van der Waals surface area contributed by atoms with E-state index in [1.54, 1.807) is 13.2 Å². The zero-order chi connectivity index (χ0) is 9.97. The first-order valence-electron chi connectivity index (χ1n) is 4.98. The molecule has 0 amide bonds. The van der Waals surface area contributed by atoms with E-state index in [-0.39, 0.29) is 0 Å². The number of rotatable bonds is 2. The van der Waals surface area contributed by atoms with Gasteiger partial charge in [-0.15, -0.1) is 0 Å². The topological polar surface area (TPSA) is 46.3 Å². The van der Waals surface area contributed by atoms with Crippen molar-refractivity contribution in [3.05, 3.63) is 17.8 Å². The van der Waals surface area contributed by atoms with Crippen molar-refractivity contribution in [1.29, 1.82) is 0 Å². The molecular weight excluding hydrogens is 198 g/mol. The second kappa shape index (κ2) is 4.36. The van der Waals surface area contributed by atoms with E-state index in [1.807, 2.05) is 11.8 Å². The summed E-state index contributed by atoms with van der Waals surface area (Å²) in [4.78, 5) is 4.30. The normalized spacial score (nSPS) is 24.9. The van der Waals surface area contributed by atoms with Gasteiger partial charge in [-0.25, -0.2) is 4.98 Å². The molecule has 1 saturated heterocycles. The van der Waals surface area contributed by atoms with Crippen LogP contribution >= 0.6 is 11.8 Å². The third-order valence-corrected chi connectivity index (χ3v) is 3.69. The summed E-state index contributed by atoms with van der Waals surface area (Å²) in [5.41, 5.74) is 0.649. The third-order valence-electron chi connectivity index (χ3n) is 2.48. The highest BCUT2D eigenvalue weighted by molar-refractivity contribution is 7.99. The summed E-state index contributed by atoms with van der Waals surface area (Å²) in [6, 6.07) is 0. The molecule has 0 saturated carbocycles. The van der Waals surface area contributed by atoms with E-state index in [0.29, 0.717) is 11.6 Å². The lowest BCUT2D eigenvalue weighted by Gasteiger charge is -2.17. The Morgan fingerprint density at radius 2 is 2.57 bits per heavy atom. The number of aliphatic hydroxyl groups excluding tert-OH is 1. The molecule has 0 bridgehead atoms. The zero-order valence-corrected chi connectivity index (χ0v) is 9.09. The summed E-state index contributed by atoms with van der Waals surface area (Å²) in [5.74, 6) is 3.59. The molecule has 14 heavy (non-hydrogen) atoms. The highest BCUT2D eigenvalue weighted by Crippen LogP contribution is 2.31. The van der Waals surface area contributed by atoms with Crippen LogP contribution in [0.3, 0.4) is 0 Å². The maximum absolute atomic E-state index is 9.31. The summed E-state index contributed by atoms with van der Waals surface area (Å²) in [6.07, 6.45) is 3.44. The van der Waals surface area contributed by atoms with Crippen molar-refractivity contribution in [2.75, 3.05) is 11.5 Å². The highest BCUT2D eigenvalue weighted by atomic mass is 32.2. The van der Waals surface area contributed by atoms with Gasteiger partial charge in [0, 0.05) is 11.7 Å². The lowest BCUT2D eigenvalue weighted by molar-refractivity contribution is 0.194. The highest BCUT2D eigenvalue weighted by Gasteiger charge is 2.21. The van der Waals surface area contributed by atoms with Gasteiger partial charge < -0.3 is 9.52 Å². The van der Waals surface area contributed by atoms with Crippen molar-refractivity contribution >= 4 is 11.8 Å².